The topological polar surface area (TPSA) is 49.4 Å². The number of amides is 2. The van der Waals surface area contributed by atoms with Crippen molar-refractivity contribution in [2.24, 2.45) is 34.5 Å². The molecule has 2 aromatic rings. The molecule has 0 bridgehead atoms. The highest BCUT2D eigenvalue weighted by Gasteiger charge is 2.62. The third-order valence-corrected chi connectivity index (χ3v) is 12.9. The van der Waals surface area contributed by atoms with Crippen LogP contribution in [0.4, 0.5) is 0 Å². The van der Waals surface area contributed by atoms with Gasteiger partial charge in [0.25, 0.3) is 0 Å². The minimum absolute atomic E-state index is 0.0554. The summed E-state index contributed by atoms with van der Waals surface area (Å²) in [6.45, 7) is 4.92. The van der Waals surface area contributed by atoms with Crippen LogP contribution in [0.1, 0.15) is 81.0 Å². The average molecular weight is 525 g/mol. The van der Waals surface area contributed by atoms with E-state index in [1.807, 2.05) is 7.05 Å². The molecular weight excluding hydrogens is 484 g/mol. The van der Waals surface area contributed by atoms with Crippen molar-refractivity contribution in [2.75, 3.05) is 7.05 Å². The van der Waals surface area contributed by atoms with Crippen molar-refractivity contribution in [3.8, 4) is 0 Å². The first-order valence-corrected chi connectivity index (χ1v) is 15.7. The zero-order chi connectivity index (χ0) is 25.1. The minimum Gasteiger partial charge on any atom is -0.348 e. The van der Waals surface area contributed by atoms with Gasteiger partial charge in [0.05, 0.1) is 6.04 Å². The quantitative estimate of drug-likeness (QED) is 0.474. The maximum atomic E-state index is 13.9. The lowest BCUT2D eigenvalue weighted by Crippen LogP contribution is -2.61. The first-order chi connectivity index (χ1) is 17.3. The van der Waals surface area contributed by atoms with E-state index in [2.05, 4.69) is 59.1 Å². The molecule has 1 N–H and O–H groups in total. The van der Waals surface area contributed by atoms with Gasteiger partial charge >= 0.3 is 0 Å². The number of fused-ring (bicyclic) bond motifs is 5. The molecule has 2 aromatic heterocycles. The Balaban J connectivity index is 1.20. The number of likely N-dealkylation sites (tertiary alicyclic amines) is 1. The summed E-state index contributed by atoms with van der Waals surface area (Å²) in [5.74, 6) is 2.72. The molecule has 4 fully saturated rings. The third kappa shape index (κ3) is 3.89. The molecule has 194 valence electrons. The predicted octanol–water partition coefficient (Wildman–Crippen LogP) is 6.69. The Morgan fingerprint density at radius 2 is 1.81 bits per heavy atom. The van der Waals surface area contributed by atoms with Crippen LogP contribution in [-0.2, 0) is 16.0 Å². The smallest absolute Gasteiger partial charge is 0.224 e. The van der Waals surface area contributed by atoms with Gasteiger partial charge in [-0.15, -0.1) is 22.7 Å². The molecule has 3 heterocycles. The van der Waals surface area contributed by atoms with Crippen LogP contribution < -0.4 is 5.32 Å². The van der Waals surface area contributed by atoms with E-state index in [1.165, 1.54) is 29.0 Å². The summed E-state index contributed by atoms with van der Waals surface area (Å²) in [6.07, 6.45) is 9.51. The van der Waals surface area contributed by atoms with Gasteiger partial charge in [-0.05, 0) is 96.4 Å². The fourth-order valence-corrected chi connectivity index (χ4v) is 10.7. The van der Waals surface area contributed by atoms with Gasteiger partial charge in [-0.3, -0.25) is 9.59 Å². The summed E-state index contributed by atoms with van der Waals surface area (Å²) in [6, 6.07) is 8.99. The third-order valence-electron chi connectivity index (χ3n) is 11.1. The van der Waals surface area contributed by atoms with Crippen molar-refractivity contribution in [3.63, 3.8) is 0 Å². The summed E-state index contributed by atoms with van der Waals surface area (Å²) in [5.41, 5.74) is 0.325. The first kappa shape index (κ1) is 24.7. The van der Waals surface area contributed by atoms with E-state index in [9.17, 15) is 9.59 Å². The number of rotatable bonds is 5. The Morgan fingerprint density at radius 1 is 1.03 bits per heavy atom. The van der Waals surface area contributed by atoms with Gasteiger partial charge in [0.15, 0.2) is 0 Å². The van der Waals surface area contributed by atoms with E-state index >= 15 is 0 Å². The molecule has 3 aliphatic carbocycles. The van der Waals surface area contributed by atoms with Crippen LogP contribution >= 0.6 is 22.7 Å². The number of nitrogens with one attached hydrogen (secondary N) is 1. The molecule has 4 nitrogen and oxygen atoms in total. The summed E-state index contributed by atoms with van der Waals surface area (Å²) in [4.78, 5) is 31.0. The zero-order valence-corrected chi connectivity index (χ0v) is 23.5. The lowest BCUT2D eigenvalue weighted by molar-refractivity contribution is -0.159. The van der Waals surface area contributed by atoms with Crippen molar-refractivity contribution in [3.05, 3.63) is 44.8 Å². The highest BCUT2D eigenvalue weighted by atomic mass is 32.1. The number of carbonyl (C=O) groups excluding carboxylic acids is 2. The molecule has 1 aliphatic heterocycles. The van der Waals surface area contributed by atoms with E-state index in [0.29, 0.717) is 36.1 Å². The first-order valence-electron chi connectivity index (χ1n) is 13.9. The van der Waals surface area contributed by atoms with Gasteiger partial charge in [-0.2, -0.15) is 0 Å². The largest absolute Gasteiger partial charge is 0.348 e. The molecule has 2 amide bonds. The molecule has 6 heteroatoms. The van der Waals surface area contributed by atoms with Crippen LogP contribution in [0.5, 0.6) is 0 Å². The van der Waals surface area contributed by atoms with Crippen LogP contribution in [0, 0.1) is 34.5 Å². The van der Waals surface area contributed by atoms with Crippen molar-refractivity contribution in [1.29, 1.82) is 0 Å². The highest BCUT2D eigenvalue weighted by molar-refractivity contribution is 7.10. The molecule has 0 spiro atoms. The SMILES string of the molecule is CN1C(=O)CC[C@@]2(C)C1CC[C@@H]1[C@H]2CC[C@]2(C)C(C(=O)NC(Cc3cccs3)c3cccs3)CC[C@@H]12. The van der Waals surface area contributed by atoms with Crippen LogP contribution in [0.2, 0.25) is 0 Å². The second kappa shape index (κ2) is 9.27. The Labute approximate surface area is 223 Å². The molecule has 1 saturated heterocycles. The lowest BCUT2D eigenvalue weighted by atomic mass is 9.47. The molecule has 8 atom stereocenters. The molecule has 4 aliphatic rings. The number of piperidine rings is 1. The molecule has 0 radical (unpaired) electrons. The van der Waals surface area contributed by atoms with Crippen molar-refractivity contribution in [2.45, 2.75) is 83.7 Å². The van der Waals surface area contributed by atoms with Gasteiger partial charge in [0.1, 0.15) is 0 Å². The molecule has 36 heavy (non-hydrogen) atoms. The number of thiophene rings is 2. The van der Waals surface area contributed by atoms with E-state index in [4.69, 9.17) is 0 Å². The summed E-state index contributed by atoms with van der Waals surface area (Å²) in [5, 5.41) is 7.77. The molecule has 3 saturated carbocycles. The minimum atomic E-state index is 0.0554. The van der Waals surface area contributed by atoms with Gasteiger partial charge in [0.2, 0.25) is 11.8 Å². The summed E-state index contributed by atoms with van der Waals surface area (Å²) < 4.78 is 0. The van der Waals surface area contributed by atoms with Crippen molar-refractivity contribution >= 4 is 34.5 Å². The van der Waals surface area contributed by atoms with Crippen LogP contribution in [0.15, 0.2) is 35.0 Å². The molecular formula is C30H40N2O2S2. The van der Waals surface area contributed by atoms with Gasteiger partial charge in [0, 0.05) is 41.6 Å². The van der Waals surface area contributed by atoms with Crippen LogP contribution in [0.25, 0.3) is 0 Å². The second-order valence-corrected chi connectivity index (χ2v) is 14.5. The Morgan fingerprint density at radius 3 is 2.56 bits per heavy atom. The van der Waals surface area contributed by atoms with Crippen LogP contribution in [-0.4, -0.2) is 29.8 Å². The monoisotopic (exact) mass is 524 g/mol. The standard InChI is InChI=1S/C30H40N2O2S2/c1-29-14-12-22-20(8-11-26-30(22,2)15-13-27(33)32(26)3)21(29)9-10-23(29)28(34)31-24(25-7-5-17-36-25)18-19-6-4-16-35-19/h4-7,16-17,20-24,26H,8-15,18H2,1-3H3,(H,31,34)/t20-,21-,22+,23?,24?,26?,29-,30+/m0/s1. The van der Waals surface area contributed by atoms with E-state index < -0.39 is 0 Å². The Bertz CT molecular complexity index is 1100. The number of hydrogen-bond acceptors (Lipinski definition) is 4. The zero-order valence-electron chi connectivity index (χ0n) is 21.9. The molecule has 0 aromatic carbocycles. The predicted molar refractivity (Wildman–Crippen MR) is 147 cm³/mol. The van der Waals surface area contributed by atoms with E-state index in [-0.39, 0.29) is 28.7 Å². The number of carbonyl (C=O) groups is 2. The van der Waals surface area contributed by atoms with Crippen molar-refractivity contribution in [1.82, 2.24) is 10.2 Å². The van der Waals surface area contributed by atoms with Gasteiger partial charge < -0.3 is 10.2 Å². The van der Waals surface area contributed by atoms with Crippen LogP contribution in [0.3, 0.4) is 0 Å². The molecule has 6 rings (SSSR count). The lowest BCUT2D eigenvalue weighted by Gasteiger charge is -2.61. The number of hydrogen-bond donors (Lipinski definition) is 1. The van der Waals surface area contributed by atoms with Crippen molar-refractivity contribution < 1.29 is 9.59 Å². The Hall–Kier alpha value is -1.66. The summed E-state index contributed by atoms with van der Waals surface area (Å²) in [7, 11) is 2.04. The van der Waals surface area contributed by atoms with E-state index in [0.717, 1.165) is 32.1 Å². The maximum absolute atomic E-state index is 13.9. The fourth-order valence-electron chi connectivity index (χ4n) is 9.20. The van der Waals surface area contributed by atoms with Gasteiger partial charge in [-0.1, -0.05) is 26.0 Å². The summed E-state index contributed by atoms with van der Waals surface area (Å²) >= 11 is 3.52. The molecule has 3 unspecified atom stereocenters. The van der Waals surface area contributed by atoms with E-state index in [1.54, 1.807) is 22.7 Å². The fraction of sp³-hybridized carbons (Fsp3) is 0.667. The maximum Gasteiger partial charge on any atom is 0.224 e. The second-order valence-electron chi connectivity index (χ2n) is 12.5. The number of nitrogens with zero attached hydrogens (tertiary/aromatic N) is 1. The Kier molecular flexibility index (Phi) is 6.35. The average Bonchev–Trinajstić information content (AvgIpc) is 3.62. The normalized spacial score (nSPS) is 38.7. The highest BCUT2D eigenvalue weighted by Crippen LogP contribution is 2.66. The van der Waals surface area contributed by atoms with Gasteiger partial charge in [-0.25, -0.2) is 0 Å².